The zero-order chi connectivity index (χ0) is 25.7. The summed E-state index contributed by atoms with van der Waals surface area (Å²) in [6, 6.07) is 21.5. The van der Waals surface area contributed by atoms with Crippen LogP contribution in [0, 0.1) is 0 Å². The lowest BCUT2D eigenvalue weighted by atomic mass is 9.90. The standard InChI is InChI=1S/C28H28N4O4/c1-32(2)15-14-29-26(33)19-10-7-11-21(16-19)30-25(18-8-5-4-6-9-18)24-22-13-12-20(28(35)36-3)17-23(22)31-27(24)34/h4-13,16-17,24H,14-15H2,1-3H3,(H,29,33)(H,31,34). The number of anilines is 1. The van der Waals surface area contributed by atoms with Gasteiger partial charge in [-0.1, -0.05) is 42.5 Å². The molecule has 2 amide bonds. The van der Waals surface area contributed by atoms with E-state index in [4.69, 9.17) is 9.73 Å². The first kappa shape index (κ1) is 24.8. The maximum Gasteiger partial charge on any atom is 0.337 e. The Morgan fingerprint density at radius 1 is 0.972 bits per heavy atom. The van der Waals surface area contributed by atoms with Crippen molar-refractivity contribution in [1.29, 1.82) is 0 Å². The topological polar surface area (TPSA) is 100 Å². The smallest absolute Gasteiger partial charge is 0.337 e. The van der Waals surface area contributed by atoms with Crippen molar-refractivity contribution in [3.05, 3.63) is 95.1 Å². The largest absolute Gasteiger partial charge is 0.465 e. The van der Waals surface area contributed by atoms with E-state index in [0.717, 1.165) is 12.1 Å². The SMILES string of the molecule is COC(=O)c1ccc2c(c1)NC(=O)C2C(=Nc1cccc(C(=O)NCCN(C)C)c1)c1ccccc1. The van der Waals surface area contributed by atoms with Crippen molar-refractivity contribution in [3.63, 3.8) is 0 Å². The van der Waals surface area contributed by atoms with E-state index in [0.29, 0.717) is 40.3 Å². The number of rotatable bonds is 8. The molecule has 0 saturated heterocycles. The summed E-state index contributed by atoms with van der Waals surface area (Å²) in [5, 5.41) is 5.77. The average Bonchev–Trinajstić information content (AvgIpc) is 3.21. The van der Waals surface area contributed by atoms with Crippen molar-refractivity contribution < 1.29 is 19.1 Å². The first-order chi connectivity index (χ1) is 17.4. The fourth-order valence-electron chi connectivity index (χ4n) is 4.03. The Bertz CT molecular complexity index is 1320. The van der Waals surface area contributed by atoms with Crippen LogP contribution < -0.4 is 10.6 Å². The number of ether oxygens (including phenoxy) is 1. The fourth-order valence-corrected chi connectivity index (χ4v) is 4.03. The van der Waals surface area contributed by atoms with E-state index in [1.165, 1.54) is 7.11 Å². The number of fused-ring (bicyclic) bond motifs is 1. The molecule has 1 aliphatic rings. The van der Waals surface area contributed by atoms with Crippen LogP contribution >= 0.6 is 0 Å². The molecule has 0 bridgehead atoms. The summed E-state index contributed by atoms with van der Waals surface area (Å²) >= 11 is 0. The van der Waals surface area contributed by atoms with Gasteiger partial charge in [0.2, 0.25) is 5.91 Å². The first-order valence-electron chi connectivity index (χ1n) is 11.6. The number of aliphatic imine (C=N–C) groups is 1. The maximum atomic E-state index is 13.2. The lowest BCUT2D eigenvalue weighted by Crippen LogP contribution is -2.31. The van der Waals surface area contributed by atoms with Gasteiger partial charge in [0.05, 0.1) is 24.1 Å². The van der Waals surface area contributed by atoms with Gasteiger partial charge in [0.25, 0.3) is 5.91 Å². The number of carbonyl (C=O) groups is 3. The highest BCUT2D eigenvalue weighted by atomic mass is 16.5. The van der Waals surface area contributed by atoms with Crippen molar-refractivity contribution in [1.82, 2.24) is 10.2 Å². The average molecular weight is 485 g/mol. The Kier molecular flexibility index (Phi) is 7.56. The molecule has 184 valence electrons. The van der Waals surface area contributed by atoms with E-state index in [9.17, 15) is 14.4 Å². The maximum absolute atomic E-state index is 13.2. The monoisotopic (exact) mass is 484 g/mol. The summed E-state index contributed by atoms with van der Waals surface area (Å²) < 4.78 is 4.80. The minimum atomic E-state index is -0.688. The van der Waals surface area contributed by atoms with Gasteiger partial charge in [-0.3, -0.25) is 14.6 Å². The van der Waals surface area contributed by atoms with Crippen molar-refractivity contribution in [2.75, 3.05) is 39.6 Å². The summed E-state index contributed by atoms with van der Waals surface area (Å²) in [6.45, 7) is 1.26. The summed E-state index contributed by atoms with van der Waals surface area (Å²) in [7, 11) is 5.20. The Balaban J connectivity index is 1.72. The van der Waals surface area contributed by atoms with E-state index in [1.54, 1.807) is 42.5 Å². The van der Waals surface area contributed by atoms with Crippen LogP contribution in [0.3, 0.4) is 0 Å². The summed E-state index contributed by atoms with van der Waals surface area (Å²) in [5.41, 5.74) is 3.98. The molecule has 8 heteroatoms. The number of carbonyl (C=O) groups excluding carboxylic acids is 3. The van der Waals surface area contributed by atoms with Gasteiger partial charge in [-0.2, -0.15) is 0 Å². The normalized spacial score (nSPS) is 14.8. The molecule has 0 aliphatic carbocycles. The van der Waals surface area contributed by atoms with Crippen LogP contribution in [-0.2, 0) is 9.53 Å². The molecule has 0 fully saturated rings. The van der Waals surface area contributed by atoms with Gasteiger partial charge < -0.3 is 20.3 Å². The number of methoxy groups -OCH3 is 1. The van der Waals surface area contributed by atoms with Gasteiger partial charge in [0.1, 0.15) is 5.92 Å². The molecular weight excluding hydrogens is 456 g/mol. The third-order valence-corrected chi connectivity index (χ3v) is 5.85. The molecule has 0 radical (unpaired) electrons. The number of hydrogen-bond donors (Lipinski definition) is 2. The minimum Gasteiger partial charge on any atom is -0.465 e. The Morgan fingerprint density at radius 3 is 2.44 bits per heavy atom. The van der Waals surface area contributed by atoms with Gasteiger partial charge >= 0.3 is 5.97 Å². The van der Waals surface area contributed by atoms with Crippen LogP contribution in [0.2, 0.25) is 0 Å². The zero-order valence-corrected chi connectivity index (χ0v) is 20.4. The van der Waals surface area contributed by atoms with Crippen molar-refractivity contribution >= 4 is 34.9 Å². The fraction of sp³-hybridized carbons (Fsp3) is 0.214. The van der Waals surface area contributed by atoms with Crippen molar-refractivity contribution in [2.45, 2.75) is 5.92 Å². The second-order valence-corrected chi connectivity index (χ2v) is 8.69. The van der Waals surface area contributed by atoms with Gasteiger partial charge in [0, 0.05) is 24.3 Å². The van der Waals surface area contributed by atoms with E-state index in [-0.39, 0.29) is 11.8 Å². The quantitative estimate of drug-likeness (QED) is 0.376. The molecule has 4 rings (SSSR count). The van der Waals surface area contributed by atoms with Crippen LogP contribution in [0.4, 0.5) is 11.4 Å². The zero-order valence-electron chi connectivity index (χ0n) is 20.4. The lowest BCUT2D eigenvalue weighted by molar-refractivity contribution is -0.115. The highest BCUT2D eigenvalue weighted by Gasteiger charge is 2.36. The van der Waals surface area contributed by atoms with E-state index < -0.39 is 11.9 Å². The number of amides is 2. The highest BCUT2D eigenvalue weighted by molar-refractivity contribution is 6.24. The Hall–Kier alpha value is -4.30. The van der Waals surface area contributed by atoms with Crippen LogP contribution in [0.1, 0.15) is 37.8 Å². The predicted molar refractivity (Wildman–Crippen MR) is 139 cm³/mol. The molecule has 36 heavy (non-hydrogen) atoms. The Labute approximate surface area is 210 Å². The summed E-state index contributed by atoms with van der Waals surface area (Å²) in [4.78, 5) is 44.6. The van der Waals surface area contributed by atoms with Gasteiger partial charge in [-0.05, 0) is 55.6 Å². The van der Waals surface area contributed by atoms with E-state index in [1.807, 2.05) is 49.3 Å². The molecule has 2 N–H and O–H groups in total. The molecule has 0 saturated carbocycles. The van der Waals surface area contributed by atoms with Gasteiger partial charge in [0.15, 0.2) is 0 Å². The molecule has 3 aromatic carbocycles. The van der Waals surface area contributed by atoms with E-state index >= 15 is 0 Å². The summed E-state index contributed by atoms with van der Waals surface area (Å²) in [5.74, 6) is -1.60. The number of benzene rings is 3. The highest BCUT2D eigenvalue weighted by Crippen LogP contribution is 2.37. The molecular formula is C28H28N4O4. The van der Waals surface area contributed by atoms with Crippen LogP contribution in [0.25, 0.3) is 0 Å². The van der Waals surface area contributed by atoms with Gasteiger partial charge in [-0.25, -0.2) is 4.79 Å². The van der Waals surface area contributed by atoms with Crippen molar-refractivity contribution in [3.8, 4) is 0 Å². The number of likely N-dealkylation sites (N-methyl/N-ethyl adjacent to an activating group) is 1. The predicted octanol–water partition coefficient (Wildman–Crippen LogP) is 3.62. The molecule has 1 unspecified atom stereocenters. The molecule has 8 nitrogen and oxygen atoms in total. The van der Waals surface area contributed by atoms with Crippen molar-refractivity contribution in [2.24, 2.45) is 4.99 Å². The number of nitrogens with one attached hydrogen (secondary N) is 2. The molecule has 0 spiro atoms. The van der Waals surface area contributed by atoms with Crippen LogP contribution in [0.5, 0.6) is 0 Å². The third-order valence-electron chi connectivity index (χ3n) is 5.85. The number of nitrogens with zero attached hydrogens (tertiary/aromatic N) is 2. The van der Waals surface area contributed by atoms with Gasteiger partial charge in [-0.15, -0.1) is 0 Å². The molecule has 1 aliphatic heterocycles. The summed E-state index contributed by atoms with van der Waals surface area (Å²) in [6.07, 6.45) is 0. The molecule has 1 heterocycles. The molecule has 1 atom stereocenters. The third kappa shape index (κ3) is 5.50. The minimum absolute atomic E-state index is 0.186. The van der Waals surface area contributed by atoms with Crippen LogP contribution in [-0.4, -0.2) is 62.7 Å². The second kappa shape index (κ2) is 11.0. The lowest BCUT2D eigenvalue weighted by Gasteiger charge is -2.14. The number of esters is 1. The Morgan fingerprint density at radius 2 is 1.72 bits per heavy atom. The first-order valence-corrected chi connectivity index (χ1v) is 11.6. The number of hydrogen-bond acceptors (Lipinski definition) is 6. The molecule has 3 aromatic rings. The molecule has 0 aromatic heterocycles. The second-order valence-electron chi connectivity index (χ2n) is 8.69. The van der Waals surface area contributed by atoms with E-state index in [2.05, 4.69) is 10.6 Å². The van der Waals surface area contributed by atoms with Crippen LogP contribution in [0.15, 0.2) is 77.8 Å².